The van der Waals surface area contributed by atoms with Crippen LogP contribution in [0.5, 0.6) is 5.75 Å². The molecule has 0 fully saturated rings. The number of amides is 1. The van der Waals surface area contributed by atoms with Gasteiger partial charge in [0.1, 0.15) is 11.6 Å². The third-order valence-electron chi connectivity index (χ3n) is 1.83. The van der Waals surface area contributed by atoms with E-state index < -0.39 is 11.7 Å². The Labute approximate surface area is 87.0 Å². The van der Waals surface area contributed by atoms with E-state index in [0.717, 1.165) is 0 Å². The lowest BCUT2D eigenvalue weighted by Gasteiger charge is -2.12. The fourth-order valence-electron chi connectivity index (χ4n) is 1.16. The molecule has 0 saturated heterocycles. The van der Waals surface area contributed by atoms with E-state index in [0.29, 0.717) is 11.3 Å². The van der Waals surface area contributed by atoms with Gasteiger partial charge in [-0.25, -0.2) is 4.39 Å². The highest BCUT2D eigenvalue weighted by atomic mass is 19.1. The Morgan fingerprint density at radius 2 is 2.27 bits per heavy atom. The van der Waals surface area contributed by atoms with Crippen LogP contribution < -0.4 is 16.2 Å². The molecule has 1 amide bonds. The van der Waals surface area contributed by atoms with Crippen LogP contribution in [-0.2, 0) is 4.79 Å². The molecule has 1 aromatic carbocycles. The van der Waals surface area contributed by atoms with Crippen molar-refractivity contribution in [2.75, 3.05) is 6.61 Å². The minimum absolute atomic E-state index is 0.245. The lowest BCUT2D eigenvalue weighted by molar-refractivity contribution is -0.119. The molecule has 5 heteroatoms. The van der Waals surface area contributed by atoms with Crippen LogP contribution in [0.1, 0.15) is 18.5 Å². The summed E-state index contributed by atoms with van der Waals surface area (Å²) < 4.78 is 18.0. The molecule has 1 atom stereocenters. The molecule has 0 radical (unpaired) electrons. The minimum atomic E-state index is -0.588. The third-order valence-corrected chi connectivity index (χ3v) is 1.83. The fraction of sp³-hybridized carbons (Fsp3) is 0.300. The van der Waals surface area contributed by atoms with Gasteiger partial charge in [0, 0.05) is 11.6 Å². The molecule has 0 spiro atoms. The van der Waals surface area contributed by atoms with E-state index in [2.05, 4.69) is 0 Å². The maximum absolute atomic E-state index is 12.9. The van der Waals surface area contributed by atoms with Gasteiger partial charge in [0.2, 0.25) is 0 Å². The van der Waals surface area contributed by atoms with E-state index in [4.69, 9.17) is 16.2 Å². The first-order chi connectivity index (χ1) is 7.00. The Morgan fingerprint density at radius 3 is 2.80 bits per heavy atom. The molecule has 0 saturated carbocycles. The lowest BCUT2D eigenvalue weighted by Crippen LogP contribution is -2.21. The molecule has 0 unspecified atom stereocenters. The quantitative estimate of drug-likeness (QED) is 0.771. The zero-order valence-corrected chi connectivity index (χ0v) is 8.37. The van der Waals surface area contributed by atoms with Crippen LogP contribution in [0.4, 0.5) is 4.39 Å². The largest absolute Gasteiger partial charge is 0.483 e. The molecule has 0 aliphatic rings. The molecule has 4 N–H and O–H groups in total. The van der Waals surface area contributed by atoms with Gasteiger partial charge in [0.15, 0.2) is 6.61 Å². The third kappa shape index (κ3) is 3.21. The van der Waals surface area contributed by atoms with Crippen LogP contribution in [0.25, 0.3) is 0 Å². The van der Waals surface area contributed by atoms with Crippen molar-refractivity contribution in [2.24, 2.45) is 11.5 Å². The number of ether oxygens (including phenoxy) is 1. The van der Waals surface area contributed by atoms with Crippen LogP contribution in [0.15, 0.2) is 18.2 Å². The number of carbonyl (C=O) groups excluding carboxylic acids is 1. The van der Waals surface area contributed by atoms with Crippen molar-refractivity contribution in [3.8, 4) is 5.75 Å². The van der Waals surface area contributed by atoms with Crippen molar-refractivity contribution >= 4 is 5.91 Å². The van der Waals surface area contributed by atoms with Crippen molar-refractivity contribution in [1.82, 2.24) is 0 Å². The topological polar surface area (TPSA) is 78.3 Å². The molecule has 0 bridgehead atoms. The number of hydrogen-bond acceptors (Lipinski definition) is 3. The number of hydrogen-bond donors (Lipinski definition) is 2. The van der Waals surface area contributed by atoms with Gasteiger partial charge in [-0.05, 0) is 25.1 Å². The standard InChI is InChI=1S/C10H13FN2O2/c1-6(12)8-4-7(11)2-3-9(8)15-5-10(13)14/h2-4,6H,5,12H2,1H3,(H2,13,14)/t6-/m1/s1. The predicted octanol–water partition coefficient (Wildman–Crippen LogP) is 0.710. The van der Waals surface area contributed by atoms with Crippen molar-refractivity contribution in [3.63, 3.8) is 0 Å². The number of carbonyl (C=O) groups is 1. The first kappa shape index (κ1) is 11.5. The van der Waals surface area contributed by atoms with Crippen molar-refractivity contribution < 1.29 is 13.9 Å². The Bertz CT molecular complexity index is 366. The maximum Gasteiger partial charge on any atom is 0.255 e. The number of nitrogens with two attached hydrogens (primary N) is 2. The Balaban J connectivity index is 2.90. The zero-order valence-electron chi connectivity index (χ0n) is 8.37. The SMILES string of the molecule is C[C@@H](N)c1cc(F)ccc1OCC(N)=O. The van der Waals surface area contributed by atoms with Crippen molar-refractivity contribution in [3.05, 3.63) is 29.6 Å². The molecule has 0 aliphatic carbocycles. The van der Waals surface area contributed by atoms with Gasteiger partial charge in [0.25, 0.3) is 5.91 Å². The van der Waals surface area contributed by atoms with Crippen LogP contribution in [0.3, 0.4) is 0 Å². The van der Waals surface area contributed by atoms with Crippen LogP contribution in [-0.4, -0.2) is 12.5 Å². The molecule has 15 heavy (non-hydrogen) atoms. The molecule has 0 aromatic heterocycles. The smallest absolute Gasteiger partial charge is 0.255 e. The summed E-state index contributed by atoms with van der Waals surface area (Å²) in [4.78, 5) is 10.5. The zero-order chi connectivity index (χ0) is 11.4. The van der Waals surface area contributed by atoms with E-state index in [1.165, 1.54) is 18.2 Å². The van der Waals surface area contributed by atoms with Crippen molar-refractivity contribution in [1.29, 1.82) is 0 Å². The lowest BCUT2D eigenvalue weighted by atomic mass is 10.1. The average molecular weight is 212 g/mol. The minimum Gasteiger partial charge on any atom is -0.483 e. The molecule has 1 rings (SSSR count). The molecule has 0 heterocycles. The monoisotopic (exact) mass is 212 g/mol. The highest BCUT2D eigenvalue weighted by Gasteiger charge is 2.10. The van der Waals surface area contributed by atoms with E-state index in [9.17, 15) is 9.18 Å². The van der Waals surface area contributed by atoms with Crippen LogP contribution in [0.2, 0.25) is 0 Å². The molecule has 1 aromatic rings. The summed E-state index contributed by atoms with van der Waals surface area (Å²) in [5.41, 5.74) is 11.1. The Kier molecular flexibility index (Phi) is 3.62. The van der Waals surface area contributed by atoms with Gasteiger partial charge in [0.05, 0.1) is 0 Å². The van der Waals surface area contributed by atoms with Crippen molar-refractivity contribution in [2.45, 2.75) is 13.0 Å². The molecular weight excluding hydrogens is 199 g/mol. The van der Waals surface area contributed by atoms with E-state index in [-0.39, 0.29) is 12.6 Å². The second kappa shape index (κ2) is 4.75. The molecular formula is C10H13FN2O2. The van der Waals surface area contributed by atoms with Gasteiger partial charge in [-0.2, -0.15) is 0 Å². The first-order valence-electron chi connectivity index (χ1n) is 4.47. The summed E-state index contributed by atoms with van der Waals surface area (Å²) in [5, 5.41) is 0. The van der Waals surface area contributed by atoms with E-state index >= 15 is 0 Å². The Hall–Kier alpha value is -1.62. The number of benzene rings is 1. The second-order valence-electron chi connectivity index (χ2n) is 3.23. The molecule has 0 aliphatic heterocycles. The van der Waals surface area contributed by atoms with Crippen LogP contribution >= 0.6 is 0 Å². The maximum atomic E-state index is 12.9. The molecule has 82 valence electrons. The van der Waals surface area contributed by atoms with Gasteiger partial charge >= 0.3 is 0 Å². The summed E-state index contributed by atoms with van der Waals surface area (Å²) in [5.74, 6) is -0.603. The number of halogens is 1. The predicted molar refractivity (Wildman–Crippen MR) is 53.7 cm³/mol. The summed E-state index contributed by atoms with van der Waals surface area (Å²) in [6, 6.07) is 3.57. The summed E-state index contributed by atoms with van der Waals surface area (Å²) in [7, 11) is 0. The van der Waals surface area contributed by atoms with E-state index in [1.54, 1.807) is 6.92 Å². The summed E-state index contributed by atoms with van der Waals surface area (Å²) in [6.45, 7) is 1.46. The highest BCUT2D eigenvalue weighted by molar-refractivity contribution is 5.75. The van der Waals surface area contributed by atoms with Gasteiger partial charge < -0.3 is 16.2 Å². The highest BCUT2D eigenvalue weighted by Crippen LogP contribution is 2.24. The number of rotatable bonds is 4. The van der Waals surface area contributed by atoms with Crippen LogP contribution in [0, 0.1) is 5.82 Å². The van der Waals surface area contributed by atoms with E-state index in [1.807, 2.05) is 0 Å². The van der Waals surface area contributed by atoms with Gasteiger partial charge in [-0.3, -0.25) is 4.79 Å². The fourth-order valence-corrected chi connectivity index (χ4v) is 1.16. The first-order valence-corrected chi connectivity index (χ1v) is 4.47. The number of primary amides is 1. The Morgan fingerprint density at radius 1 is 1.60 bits per heavy atom. The van der Waals surface area contributed by atoms with Gasteiger partial charge in [-0.1, -0.05) is 0 Å². The molecule has 4 nitrogen and oxygen atoms in total. The summed E-state index contributed by atoms with van der Waals surface area (Å²) >= 11 is 0. The summed E-state index contributed by atoms with van der Waals surface area (Å²) in [6.07, 6.45) is 0. The normalized spacial score (nSPS) is 12.2. The second-order valence-corrected chi connectivity index (χ2v) is 3.23. The van der Waals surface area contributed by atoms with Gasteiger partial charge in [-0.15, -0.1) is 0 Å². The average Bonchev–Trinajstić information content (AvgIpc) is 2.15.